The number of hydrogen-bond donors (Lipinski definition) is 1. The summed E-state index contributed by atoms with van der Waals surface area (Å²) in [6, 6.07) is 20.8. The van der Waals surface area contributed by atoms with Gasteiger partial charge in [-0.15, -0.1) is 10.2 Å². The molecule has 0 radical (unpaired) electrons. The van der Waals surface area contributed by atoms with Crippen molar-refractivity contribution >= 4 is 28.0 Å². The van der Waals surface area contributed by atoms with Crippen LogP contribution in [0.2, 0.25) is 0 Å². The van der Waals surface area contributed by atoms with Crippen molar-refractivity contribution in [2.24, 2.45) is 0 Å². The Balaban J connectivity index is 1.25. The van der Waals surface area contributed by atoms with E-state index in [0.717, 1.165) is 27.5 Å². The lowest BCUT2D eigenvalue weighted by Crippen LogP contribution is -2.11. The van der Waals surface area contributed by atoms with Crippen LogP contribution in [0.3, 0.4) is 0 Å². The molecule has 0 saturated carbocycles. The quantitative estimate of drug-likeness (QED) is 0.401. The van der Waals surface area contributed by atoms with Crippen molar-refractivity contribution in [3.8, 4) is 16.3 Å². The molecule has 32 heavy (non-hydrogen) atoms. The molecule has 7 nitrogen and oxygen atoms in total. The fourth-order valence-corrected chi connectivity index (χ4v) is 3.99. The molecule has 0 fully saturated rings. The van der Waals surface area contributed by atoms with Gasteiger partial charge in [0.25, 0.3) is 5.91 Å². The second kappa shape index (κ2) is 8.60. The number of benzene rings is 2. The van der Waals surface area contributed by atoms with E-state index in [1.165, 1.54) is 11.3 Å². The van der Waals surface area contributed by atoms with E-state index in [1.807, 2.05) is 72.2 Å². The van der Waals surface area contributed by atoms with Crippen LogP contribution in [-0.2, 0) is 6.61 Å². The van der Waals surface area contributed by atoms with Gasteiger partial charge in [-0.05, 0) is 36.8 Å². The third-order valence-electron chi connectivity index (χ3n) is 4.80. The van der Waals surface area contributed by atoms with E-state index >= 15 is 0 Å². The van der Waals surface area contributed by atoms with Crippen LogP contribution in [0.15, 0.2) is 79.1 Å². The van der Waals surface area contributed by atoms with E-state index in [9.17, 15) is 4.79 Å². The predicted octanol–water partition coefficient (Wildman–Crippen LogP) is 4.99. The number of nitrogens with one attached hydrogen (secondary N) is 1. The summed E-state index contributed by atoms with van der Waals surface area (Å²) in [6.45, 7) is 2.35. The molecule has 0 aliphatic carbocycles. The van der Waals surface area contributed by atoms with Crippen molar-refractivity contribution in [3.63, 3.8) is 0 Å². The number of nitrogens with zero attached hydrogens (tertiary/aromatic N) is 4. The summed E-state index contributed by atoms with van der Waals surface area (Å²) in [5.74, 6) is 0.322. The molecule has 8 heteroatoms. The van der Waals surface area contributed by atoms with Gasteiger partial charge in [0, 0.05) is 23.5 Å². The summed E-state index contributed by atoms with van der Waals surface area (Å²) in [6.07, 6.45) is 3.96. The Morgan fingerprint density at radius 2 is 1.91 bits per heavy atom. The molecule has 3 heterocycles. The summed E-state index contributed by atoms with van der Waals surface area (Å²) in [4.78, 5) is 17.2. The molecule has 0 unspecified atom stereocenters. The topological polar surface area (TPSA) is 81.4 Å². The first kappa shape index (κ1) is 19.9. The molecule has 2 aromatic carbocycles. The standard InChI is InChI=1S/C24H19N5O2S/c1-16-10-11-21-25-19(14-29(21)13-16)15-31-20-9-5-8-18(12-20)22(30)26-24-28-27-23(32-24)17-6-3-2-4-7-17/h2-14H,15H2,1H3,(H,26,28,30). The van der Waals surface area contributed by atoms with Crippen LogP contribution in [0.4, 0.5) is 5.13 Å². The minimum Gasteiger partial charge on any atom is -0.487 e. The van der Waals surface area contributed by atoms with Crippen LogP contribution in [0.25, 0.3) is 16.2 Å². The highest BCUT2D eigenvalue weighted by molar-refractivity contribution is 7.18. The lowest BCUT2D eigenvalue weighted by molar-refractivity contribution is 0.102. The van der Waals surface area contributed by atoms with Gasteiger partial charge in [-0.1, -0.05) is 53.8 Å². The van der Waals surface area contributed by atoms with E-state index < -0.39 is 0 Å². The van der Waals surface area contributed by atoms with Crippen LogP contribution in [-0.4, -0.2) is 25.5 Å². The van der Waals surface area contributed by atoms with Crippen molar-refractivity contribution in [1.82, 2.24) is 19.6 Å². The van der Waals surface area contributed by atoms with Gasteiger partial charge in [-0.25, -0.2) is 4.98 Å². The molecule has 0 aliphatic rings. The zero-order valence-electron chi connectivity index (χ0n) is 17.2. The number of rotatable bonds is 6. The number of imidazole rings is 1. The van der Waals surface area contributed by atoms with E-state index in [0.29, 0.717) is 23.1 Å². The molecule has 5 rings (SSSR count). The Bertz CT molecular complexity index is 1390. The first-order valence-corrected chi connectivity index (χ1v) is 10.8. The van der Waals surface area contributed by atoms with Crippen LogP contribution in [0.5, 0.6) is 5.75 Å². The van der Waals surface area contributed by atoms with Gasteiger partial charge in [-0.2, -0.15) is 0 Å². The molecule has 0 bridgehead atoms. The Hall–Kier alpha value is -4.04. The summed E-state index contributed by atoms with van der Waals surface area (Å²) in [5.41, 5.74) is 4.28. The van der Waals surface area contributed by atoms with E-state index in [-0.39, 0.29) is 5.91 Å². The minimum atomic E-state index is -0.269. The molecular weight excluding hydrogens is 422 g/mol. The van der Waals surface area contributed by atoms with Gasteiger partial charge in [0.15, 0.2) is 0 Å². The van der Waals surface area contributed by atoms with Crippen molar-refractivity contribution in [2.45, 2.75) is 13.5 Å². The normalized spacial score (nSPS) is 10.9. The molecular formula is C24H19N5O2S. The molecule has 0 atom stereocenters. The SMILES string of the molecule is Cc1ccc2nc(COc3cccc(C(=O)Nc4nnc(-c5ccccc5)s4)c3)cn2c1. The molecule has 0 saturated heterocycles. The van der Waals surface area contributed by atoms with Crippen molar-refractivity contribution in [3.05, 3.63) is 95.9 Å². The zero-order valence-corrected chi connectivity index (χ0v) is 18.0. The van der Waals surface area contributed by atoms with Crippen LogP contribution in [0, 0.1) is 6.92 Å². The Morgan fingerprint density at radius 3 is 2.78 bits per heavy atom. The first-order valence-electron chi connectivity index (χ1n) is 10.0. The summed E-state index contributed by atoms with van der Waals surface area (Å²) in [7, 11) is 0. The van der Waals surface area contributed by atoms with Crippen molar-refractivity contribution < 1.29 is 9.53 Å². The fraction of sp³-hybridized carbons (Fsp3) is 0.0833. The van der Waals surface area contributed by atoms with Gasteiger partial charge < -0.3 is 9.14 Å². The van der Waals surface area contributed by atoms with E-state index in [1.54, 1.807) is 18.2 Å². The Labute approximate surface area is 188 Å². The average Bonchev–Trinajstić information content (AvgIpc) is 3.45. The van der Waals surface area contributed by atoms with Gasteiger partial charge in [-0.3, -0.25) is 10.1 Å². The first-order chi connectivity index (χ1) is 15.6. The monoisotopic (exact) mass is 441 g/mol. The number of hydrogen-bond acceptors (Lipinski definition) is 6. The number of carbonyl (C=O) groups is 1. The number of ether oxygens (including phenoxy) is 1. The highest BCUT2D eigenvalue weighted by Gasteiger charge is 2.12. The summed E-state index contributed by atoms with van der Waals surface area (Å²) >= 11 is 1.33. The second-order valence-corrected chi connectivity index (χ2v) is 8.23. The number of pyridine rings is 1. The van der Waals surface area contributed by atoms with Crippen LogP contribution >= 0.6 is 11.3 Å². The minimum absolute atomic E-state index is 0.269. The maximum Gasteiger partial charge on any atom is 0.257 e. The summed E-state index contributed by atoms with van der Waals surface area (Å²) < 4.78 is 7.85. The van der Waals surface area contributed by atoms with Crippen LogP contribution in [0.1, 0.15) is 21.6 Å². The van der Waals surface area contributed by atoms with Gasteiger partial charge >= 0.3 is 0 Å². The van der Waals surface area contributed by atoms with Gasteiger partial charge in [0.1, 0.15) is 23.0 Å². The fourth-order valence-electron chi connectivity index (χ4n) is 3.25. The Kier molecular flexibility index (Phi) is 5.35. The maximum atomic E-state index is 12.7. The largest absolute Gasteiger partial charge is 0.487 e. The van der Waals surface area contributed by atoms with Crippen molar-refractivity contribution in [1.29, 1.82) is 0 Å². The average molecular weight is 442 g/mol. The highest BCUT2D eigenvalue weighted by Crippen LogP contribution is 2.26. The molecule has 158 valence electrons. The highest BCUT2D eigenvalue weighted by atomic mass is 32.1. The van der Waals surface area contributed by atoms with Gasteiger partial charge in [0.05, 0.1) is 5.69 Å². The maximum absolute atomic E-state index is 12.7. The van der Waals surface area contributed by atoms with Crippen LogP contribution < -0.4 is 10.1 Å². The molecule has 0 spiro atoms. The van der Waals surface area contributed by atoms with E-state index in [4.69, 9.17) is 4.74 Å². The van der Waals surface area contributed by atoms with Crippen molar-refractivity contribution in [2.75, 3.05) is 5.32 Å². The number of anilines is 1. The second-order valence-electron chi connectivity index (χ2n) is 7.25. The number of aromatic nitrogens is 4. The molecule has 5 aromatic rings. The number of fused-ring (bicyclic) bond motifs is 1. The van der Waals surface area contributed by atoms with Gasteiger partial charge in [0.2, 0.25) is 5.13 Å². The lowest BCUT2D eigenvalue weighted by atomic mass is 10.2. The predicted molar refractivity (Wildman–Crippen MR) is 124 cm³/mol. The molecule has 0 aliphatic heterocycles. The lowest BCUT2D eigenvalue weighted by Gasteiger charge is -2.06. The molecule has 1 amide bonds. The Morgan fingerprint density at radius 1 is 1.03 bits per heavy atom. The third-order valence-corrected chi connectivity index (χ3v) is 5.69. The molecule has 3 aromatic heterocycles. The number of aryl methyl sites for hydroxylation is 1. The number of carbonyl (C=O) groups excluding carboxylic acids is 1. The number of amides is 1. The molecule has 1 N–H and O–H groups in total. The smallest absolute Gasteiger partial charge is 0.257 e. The zero-order chi connectivity index (χ0) is 21.9. The third kappa shape index (κ3) is 4.35. The summed E-state index contributed by atoms with van der Waals surface area (Å²) in [5, 5.41) is 12.2. The van der Waals surface area contributed by atoms with E-state index in [2.05, 4.69) is 20.5 Å².